The summed E-state index contributed by atoms with van der Waals surface area (Å²) in [6.45, 7) is 6.07. The molecule has 0 radical (unpaired) electrons. The summed E-state index contributed by atoms with van der Waals surface area (Å²) in [6.07, 6.45) is 0.625. The minimum atomic E-state index is -0.227. The molecule has 0 aromatic carbocycles. The fraction of sp³-hybridized carbons (Fsp3) is 0.600. The van der Waals surface area contributed by atoms with E-state index in [0.29, 0.717) is 33.1 Å². The van der Waals surface area contributed by atoms with Gasteiger partial charge in [0.15, 0.2) is 0 Å². The molecule has 1 aromatic rings. The topological polar surface area (TPSA) is 56.0 Å². The lowest BCUT2D eigenvalue weighted by atomic mass is 10.2. The maximum absolute atomic E-state index is 12.0. The first-order chi connectivity index (χ1) is 7.62. The molecule has 0 spiro atoms. The van der Waals surface area contributed by atoms with Gasteiger partial charge in [-0.25, -0.2) is 4.79 Å². The van der Waals surface area contributed by atoms with Gasteiger partial charge in [0.2, 0.25) is 0 Å². The predicted molar refractivity (Wildman–Crippen MR) is 69.2 cm³/mol. The lowest BCUT2D eigenvalue weighted by Gasteiger charge is -2.16. The van der Waals surface area contributed by atoms with Crippen LogP contribution >= 0.6 is 8.73 Å². The van der Waals surface area contributed by atoms with E-state index < -0.39 is 0 Å². The average Bonchev–Trinajstić information content (AvgIpc) is 2.29. The molecule has 0 aliphatic carbocycles. The van der Waals surface area contributed by atoms with Crippen LogP contribution in [0.5, 0.6) is 0 Å². The van der Waals surface area contributed by atoms with E-state index in [2.05, 4.69) is 5.32 Å². The fourth-order valence-electron chi connectivity index (χ4n) is 1.77. The Morgan fingerprint density at radius 1 is 1.31 bits per heavy atom. The summed E-state index contributed by atoms with van der Waals surface area (Å²) in [4.78, 5) is 24.0. The van der Waals surface area contributed by atoms with E-state index in [1.54, 1.807) is 11.4 Å². The van der Waals surface area contributed by atoms with Gasteiger partial charge in [0.25, 0.3) is 5.56 Å². The highest BCUT2D eigenvalue weighted by Crippen LogP contribution is 2.17. The second-order valence-corrected chi connectivity index (χ2v) is 4.22. The van der Waals surface area contributed by atoms with E-state index in [9.17, 15) is 9.59 Å². The Hall–Kier alpha value is -1.09. The number of nitrogens with zero attached hydrogens (tertiary/aromatic N) is 2. The van der Waals surface area contributed by atoms with Crippen LogP contribution in [0.1, 0.15) is 19.4 Å². The molecule has 1 aromatic heterocycles. The van der Waals surface area contributed by atoms with Gasteiger partial charge in [0.05, 0.1) is 5.56 Å². The van der Waals surface area contributed by atoms with Gasteiger partial charge in [-0.15, -0.1) is 0 Å². The molecule has 0 amide bonds. The first-order valence-electron chi connectivity index (χ1n) is 5.36. The Bertz CT molecular complexity index is 451. The third-order valence-electron chi connectivity index (χ3n) is 2.57. The second-order valence-electron chi connectivity index (χ2n) is 3.32. The van der Waals surface area contributed by atoms with Gasteiger partial charge >= 0.3 is 5.69 Å². The summed E-state index contributed by atoms with van der Waals surface area (Å²) < 4.78 is 2.92. The van der Waals surface area contributed by atoms with Crippen molar-refractivity contribution in [2.24, 2.45) is 0 Å². The van der Waals surface area contributed by atoms with Crippen molar-refractivity contribution < 1.29 is 0 Å². The molecule has 0 aliphatic rings. The molecular weight excluding hydrogens is 225 g/mol. The van der Waals surface area contributed by atoms with Crippen LogP contribution < -0.4 is 16.6 Å². The molecular formula is C10H18N3O2P. The highest BCUT2D eigenvalue weighted by molar-refractivity contribution is 7.35. The fourth-order valence-corrected chi connectivity index (χ4v) is 2.55. The molecule has 0 aliphatic heterocycles. The Balaban J connectivity index is 3.76. The zero-order chi connectivity index (χ0) is 12.3. The lowest BCUT2D eigenvalue weighted by molar-refractivity contribution is 0.654. The van der Waals surface area contributed by atoms with Gasteiger partial charge in [-0.3, -0.25) is 13.7 Å². The van der Waals surface area contributed by atoms with Crippen molar-refractivity contribution >= 4 is 14.5 Å². The maximum Gasteiger partial charge on any atom is 0.335 e. The van der Waals surface area contributed by atoms with Crippen LogP contribution in [0.4, 0.5) is 5.82 Å². The van der Waals surface area contributed by atoms with Crippen LogP contribution in [-0.4, -0.2) is 22.6 Å². The molecule has 6 heteroatoms. The minimum absolute atomic E-state index is 0.172. The molecule has 1 unspecified atom stereocenters. The van der Waals surface area contributed by atoms with E-state index in [4.69, 9.17) is 0 Å². The SMILES string of the molecule is CCc1c(NC)n(PC)c(=O)n(CC)c1=O. The Morgan fingerprint density at radius 2 is 1.94 bits per heavy atom. The maximum atomic E-state index is 12.0. The first-order valence-corrected chi connectivity index (χ1v) is 6.81. The number of hydrogen-bond donors (Lipinski definition) is 1. The van der Waals surface area contributed by atoms with Gasteiger partial charge in [-0.1, -0.05) is 6.92 Å². The third-order valence-corrected chi connectivity index (χ3v) is 3.43. The molecule has 1 N–H and O–H groups in total. The van der Waals surface area contributed by atoms with E-state index in [1.807, 2.05) is 20.5 Å². The lowest BCUT2D eigenvalue weighted by Crippen LogP contribution is -2.40. The van der Waals surface area contributed by atoms with Gasteiger partial charge in [0.1, 0.15) is 5.82 Å². The molecule has 90 valence electrons. The monoisotopic (exact) mass is 243 g/mol. The molecule has 1 rings (SSSR count). The largest absolute Gasteiger partial charge is 0.374 e. The van der Waals surface area contributed by atoms with Gasteiger partial charge in [-0.05, 0) is 28.7 Å². The predicted octanol–water partition coefficient (Wildman–Crippen LogP) is 0.705. The van der Waals surface area contributed by atoms with Gasteiger partial charge < -0.3 is 5.32 Å². The van der Waals surface area contributed by atoms with E-state index >= 15 is 0 Å². The molecule has 5 nitrogen and oxygen atoms in total. The molecule has 1 atom stereocenters. The highest BCUT2D eigenvalue weighted by atomic mass is 31.1. The standard InChI is InChI=1S/C10H18N3O2P/c1-5-7-8(11-3)13(16-4)10(15)12(6-2)9(7)14/h11,16H,5-6H2,1-4H3. The quantitative estimate of drug-likeness (QED) is 0.792. The molecule has 16 heavy (non-hydrogen) atoms. The summed E-state index contributed by atoms with van der Waals surface area (Å²) in [5, 5.41) is 2.96. The number of nitrogens with one attached hydrogen (secondary N) is 1. The number of anilines is 1. The van der Waals surface area contributed by atoms with Crippen molar-refractivity contribution in [2.75, 3.05) is 19.0 Å². The Labute approximate surface area is 96.3 Å². The van der Waals surface area contributed by atoms with Gasteiger partial charge in [-0.2, -0.15) is 0 Å². The van der Waals surface area contributed by atoms with Crippen molar-refractivity contribution in [3.05, 3.63) is 26.4 Å². The van der Waals surface area contributed by atoms with Crippen LogP contribution in [0.25, 0.3) is 0 Å². The first kappa shape index (κ1) is 13.0. The van der Waals surface area contributed by atoms with Crippen LogP contribution in [0.3, 0.4) is 0 Å². The smallest absolute Gasteiger partial charge is 0.335 e. The zero-order valence-corrected chi connectivity index (χ0v) is 11.1. The molecule has 0 bridgehead atoms. The van der Waals surface area contributed by atoms with Crippen LogP contribution in [0.2, 0.25) is 0 Å². The highest BCUT2D eigenvalue weighted by Gasteiger charge is 2.14. The van der Waals surface area contributed by atoms with E-state index in [0.717, 1.165) is 0 Å². The van der Waals surface area contributed by atoms with Crippen LogP contribution in [0, 0.1) is 0 Å². The Kier molecular flexibility index (Phi) is 4.30. The molecule has 0 fully saturated rings. The average molecular weight is 243 g/mol. The summed E-state index contributed by atoms with van der Waals surface area (Å²) in [5.74, 6) is 0.656. The summed E-state index contributed by atoms with van der Waals surface area (Å²) >= 11 is 0. The third kappa shape index (κ3) is 1.92. The van der Waals surface area contributed by atoms with E-state index in [-0.39, 0.29) is 11.2 Å². The van der Waals surface area contributed by atoms with E-state index in [1.165, 1.54) is 4.57 Å². The number of hydrogen-bond acceptors (Lipinski definition) is 3. The molecule has 0 saturated heterocycles. The summed E-state index contributed by atoms with van der Waals surface area (Å²) in [5.41, 5.74) is 0.280. The Morgan fingerprint density at radius 3 is 2.31 bits per heavy atom. The van der Waals surface area contributed by atoms with Gasteiger partial charge in [0, 0.05) is 13.6 Å². The zero-order valence-electron chi connectivity index (χ0n) is 10.1. The van der Waals surface area contributed by atoms with Crippen molar-refractivity contribution in [1.29, 1.82) is 0 Å². The molecule has 0 saturated carbocycles. The summed E-state index contributed by atoms with van der Waals surface area (Å²) in [6, 6.07) is 0. The van der Waals surface area contributed by atoms with Crippen molar-refractivity contribution in [1.82, 2.24) is 8.90 Å². The van der Waals surface area contributed by atoms with Crippen molar-refractivity contribution in [3.63, 3.8) is 0 Å². The van der Waals surface area contributed by atoms with Crippen LogP contribution in [0.15, 0.2) is 9.59 Å². The molecule has 1 heterocycles. The van der Waals surface area contributed by atoms with Crippen LogP contribution in [-0.2, 0) is 13.0 Å². The van der Waals surface area contributed by atoms with Crippen molar-refractivity contribution in [3.8, 4) is 0 Å². The normalized spacial score (nSPS) is 11.2. The number of rotatable bonds is 4. The minimum Gasteiger partial charge on any atom is -0.374 e. The van der Waals surface area contributed by atoms with Crippen molar-refractivity contribution in [2.45, 2.75) is 26.8 Å². The second kappa shape index (κ2) is 5.30. The summed E-state index contributed by atoms with van der Waals surface area (Å²) in [7, 11) is 2.05. The number of aromatic nitrogens is 2.